The van der Waals surface area contributed by atoms with Crippen LogP contribution < -0.4 is 20.1 Å². The van der Waals surface area contributed by atoms with Crippen molar-refractivity contribution in [2.45, 2.75) is 25.3 Å². The van der Waals surface area contributed by atoms with Gasteiger partial charge in [0.05, 0.1) is 0 Å². The average molecular weight is 234 g/mol. The maximum absolute atomic E-state index is 5.38. The van der Waals surface area contributed by atoms with Crippen LogP contribution in [0, 0.1) is 0 Å². The molecule has 1 aromatic carbocycles. The van der Waals surface area contributed by atoms with Crippen LogP contribution in [-0.2, 0) is 0 Å². The Hall–Kier alpha value is -1.42. The Morgan fingerprint density at radius 1 is 1.12 bits per heavy atom. The molecule has 0 bridgehead atoms. The van der Waals surface area contributed by atoms with Crippen molar-refractivity contribution < 1.29 is 9.47 Å². The molecule has 0 saturated carbocycles. The van der Waals surface area contributed by atoms with E-state index in [0.29, 0.717) is 12.8 Å². The predicted molar refractivity (Wildman–Crippen MR) is 66.7 cm³/mol. The number of fused-ring (bicyclic) bond motifs is 1. The van der Waals surface area contributed by atoms with Crippen LogP contribution in [0.1, 0.15) is 19.3 Å². The molecule has 2 aliphatic heterocycles. The van der Waals surface area contributed by atoms with Crippen LogP contribution in [0.4, 0.5) is 5.69 Å². The number of anilines is 1. The predicted octanol–water partition coefficient (Wildman–Crippen LogP) is 1.97. The topological polar surface area (TPSA) is 42.5 Å². The summed E-state index contributed by atoms with van der Waals surface area (Å²) < 4.78 is 10.7. The molecule has 2 N–H and O–H groups in total. The molecular weight excluding hydrogens is 216 g/mol. The maximum atomic E-state index is 5.38. The Morgan fingerprint density at radius 2 is 2.06 bits per heavy atom. The maximum Gasteiger partial charge on any atom is 0.231 e. The van der Waals surface area contributed by atoms with E-state index in [9.17, 15) is 0 Å². The zero-order valence-corrected chi connectivity index (χ0v) is 9.87. The van der Waals surface area contributed by atoms with E-state index >= 15 is 0 Å². The van der Waals surface area contributed by atoms with Gasteiger partial charge in [0, 0.05) is 17.8 Å². The lowest BCUT2D eigenvalue weighted by Gasteiger charge is -2.17. The Labute approximate surface area is 101 Å². The molecule has 1 saturated heterocycles. The third kappa shape index (κ3) is 2.47. The molecule has 0 aliphatic carbocycles. The van der Waals surface area contributed by atoms with Gasteiger partial charge in [-0.05, 0) is 44.5 Å². The van der Waals surface area contributed by atoms with Gasteiger partial charge in [0.1, 0.15) is 0 Å². The van der Waals surface area contributed by atoms with Crippen LogP contribution in [0.3, 0.4) is 0 Å². The Bertz CT molecular complexity index is 387. The van der Waals surface area contributed by atoms with Crippen molar-refractivity contribution in [1.29, 1.82) is 0 Å². The number of benzene rings is 1. The molecular formula is C13H18N2O2. The van der Waals surface area contributed by atoms with Crippen LogP contribution in [0.2, 0.25) is 0 Å². The first-order valence-corrected chi connectivity index (χ1v) is 6.29. The van der Waals surface area contributed by atoms with Gasteiger partial charge >= 0.3 is 0 Å². The van der Waals surface area contributed by atoms with Crippen molar-refractivity contribution in [1.82, 2.24) is 5.32 Å². The lowest BCUT2D eigenvalue weighted by Crippen LogP contribution is -2.21. The molecule has 3 rings (SSSR count). The van der Waals surface area contributed by atoms with Crippen molar-refractivity contribution in [3.63, 3.8) is 0 Å². The quantitative estimate of drug-likeness (QED) is 0.821. The van der Waals surface area contributed by atoms with Crippen LogP contribution >= 0.6 is 0 Å². The summed E-state index contributed by atoms with van der Waals surface area (Å²) in [5, 5.41) is 6.99. The lowest BCUT2D eigenvalue weighted by molar-refractivity contribution is 0.174. The standard InChI is InChI=1S/C13H18N2O2/c1-2-10(5-7-14-6-1)15-11-3-4-12-13(8-11)17-9-16-12/h3-4,8,10,14-15H,1-2,5-7,9H2. The number of hydrogen-bond donors (Lipinski definition) is 2. The molecule has 1 aromatic rings. The smallest absolute Gasteiger partial charge is 0.231 e. The van der Waals surface area contributed by atoms with E-state index in [0.717, 1.165) is 30.3 Å². The van der Waals surface area contributed by atoms with Gasteiger partial charge in [0.15, 0.2) is 11.5 Å². The molecule has 4 nitrogen and oxygen atoms in total. The second-order valence-corrected chi connectivity index (χ2v) is 4.59. The monoisotopic (exact) mass is 234 g/mol. The molecule has 92 valence electrons. The van der Waals surface area contributed by atoms with E-state index in [1.165, 1.54) is 19.3 Å². The Balaban J connectivity index is 1.67. The van der Waals surface area contributed by atoms with Gasteiger partial charge in [-0.1, -0.05) is 0 Å². The van der Waals surface area contributed by atoms with E-state index in [4.69, 9.17) is 9.47 Å². The fourth-order valence-electron chi connectivity index (χ4n) is 2.39. The second kappa shape index (κ2) is 4.84. The Morgan fingerprint density at radius 3 is 3.06 bits per heavy atom. The molecule has 4 heteroatoms. The van der Waals surface area contributed by atoms with Crippen LogP contribution in [-0.4, -0.2) is 25.9 Å². The average Bonchev–Trinajstić information content (AvgIpc) is 2.65. The molecule has 1 fully saturated rings. The van der Waals surface area contributed by atoms with Crippen LogP contribution in [0.5, 0.6) is 11.5 Å². The first-order chi connectivity index (χ1) is 8.42. The van der Waals surface area contributed by atoms with Crippen LogP contribution in [0.15, 0.2) is 18.2 Å². The number of rotatable bonds is 2. The molecule has 2 aliphatic rings. The fraction of sp³-hybridized carbons (Fsp3) is 0.538. The van der Waals surface area contributed by atoms with E-state index in [1.54, 1.807) is 0 Å². The van der Waals surface area contributed by atoms with Crippen molar-refractivity contribution >= 4 is 5.69 Å². The van der Waals surface area contributed by atoms with E-state index < -0.39 is 0 Å². The summed E-state index contributed by atoms with van der Waals surface area (Å²) in [7, 11) is 0. The van der Waals surface area contributed by atoms with Crippen molar-refractivity contribution in [3.05, 3.63) is 18.2 Å². The lowest BCUT2D eigenvalue weighted by atomic mass is 10.1. The van der Waals surface area contributed by atoms with Gasteiger partial charge in [0.2, 0.25) is 6.79 Å². The third-order valence-electron chi connectivity index (χ3n) is 3.32. The molecule has 0 aromatic heterocycles. The van der Waals surface area contributed by atoms with Crippen molar-refractivity contribution in [3.8, 4) is 11.5 Å². The largest absolute Gasteiger partial charge is 0.454 e. The van der Waals surface area contributed by atoms with Crippen molar-refractivity contribution in [2.24, 2.45) is 0 Å². The molecule has 0 spiro atoms. The summed E-state index contributed by atoms with van der Waals surface area (Å²) in [6.45, 7) is 2.58. The Kier molecular flexibility index (Phi) is 3.05. The van der Waals surface area contributed by atoms with E-state index in [-0.39, 0.29) is 0 Å². The number of ether oxygens (including phenoxy) is 2. The minimum absolute atomic E-state index is 0.339. The summed E-state index contributed by atoms with van der Waals surface area (Å²) in [4.78, 5) is 0. The highest BCUT2D eigenvalue weighted by atomic mass is 16.7. The highest BCUT2D eigenvalue weighted by molar-refractivity contribution is 5.56. The highest BCUT2D eigenvalue weighted by Gasteiger charge is 2.15. The second-order valence-electron chi connectivity index (χ2n) is 4.59. The van der Waals surface area contributed by atoms with Gasteiger partial charge in [-0.2, -0.15) is 0 Å². The summed E-state index contributed by atoms with van der Waals surface area (Å²) in [6, 6.07) is 6.62. The van der Waals surface area contributed by atoms with Gasteiger partial charge in [-0.15, -0.1) is 0 Å². The summed E-state index contributed by atoms with van der Waals surface area (Å²) in [5.74, 6) is 1.69. The molecule has 1 unspecified atom stereocenters. The summed E-state index contributed by atoms with van der Waals surface area (Å²) in [5.41, 5.74) is 1.13. The van der Waals surface area contributed by atoms with Crippen molar-refractivity contribution in [2.75, 3.05) is 25.2 Å². The fourth-order valence-corrected chi connectivity index (χ4v) is 2.39. The number of nitrogens with one attached hydrogen (secondary N) is 2. The minimum atomic E-state index is 0.339. The molecule has 1 atom stereocenters. The summed E-state index contributed by atoms with van der Waals surface area (Å²) in [6.07, 6.45) is 3.64. The zero-order chi connectivity index (χ0) is 11.5. The van der Waals surface area contributed by atoms with Gasteiger partial charge in [-0.25, -0.2) is 0 Å². The van der Waals surface area contributed by atoms with E-state index in [2.05, 4.69) is 16.7 Å². The van der Waals surface area contributed by atoms with Gasteiger partial charge in [0.25, 0.3) is 0 Å². The normalized spacial score (nSPS) is 23.2. The molecule has 0 radical (unpaired) electrons. The molecule has 0 amide bonds. The molecule has 2 heterocycles. The first kappa shape index (κ1) is 10.7. The highest BCUT2D eigenvalue weighted by Crippen LogP contribution is 2.34. The SMILES string of the molecule is c1cc2c(cc1NC1CCCNCC1)OCO2. The third-order valence-corrected chi connectivity index (χ3v) is 3.32. The zero-order valence-electron chi connectivity index (χ0n) is 9.87. The summed E-state index contributed by atoms with van der Waals surface area (Å²) >= 11 is 0. The first-order valence-electron chi connectivity index (χ1n) is 6.29. The molecule has 17 heavy (non-hydrogen) atoms. The minimum Gasteiger partial charge on any atom is -0.454 e. The van der Waals surface area contributed by atoms with E-state index in [1.807, 2.05) is 12.1 Å². The van der Waals surface area contributed by atoms with Crippen LogP contribution in [0.25, 0.3) is 0 Å². The van der Waals surface area contributed by atoms with Gasteiger partial charge < -0.3 is 20.1 Å². The number of hydrogen-bond acceptors (Lipinski definition) is 4. The van der Waals surface area contributed by atoms with Gasteiger partial charge in [-0.3, -0.25) is 0 Å².